The van der Waals surface area contributed by atoms with E-state index < -0.39 is 0 Å². The molecule has 1 saturated heterocycles. The summed E-state index contributed by atoms with van der Waals surface area (Å²) in [6.07, 6.45) is 2.37. The van der Waals surface area contributed by atoms with Crippen LogP contribution in [0, 0.1) is 13.8 Å². The first-order valence-electron chi connectivity index (χ1n) is 10.4. The molecular weight excluding hydrogens is 396 g/mol. The Morgan fingerprint density at radius 1 is 1.27 bits per heavy atom. The van der Waals surface area contributed by atoms with Gasteiger partial charge in [0.2, 0.25) is 5.91 Å². The molecule has 1 aromatic carbocycles. The topological polar surface area (TPSA) is 59.4 Å². The van der Waals surface area contributed by atoms with Gasteiger partial charge in [0.1, 0.15) is 0 Å². The maximum Gasteiger partial charge on any atom is 0.238 e. The van der Waals surface area contributed by atoms with Crippen molar-refractivity contribution < 1.29 is 9.53 Å². The van der Waals surface area contributed by atoms with Gasteiger partial charge in [0, 0.05) is 24.6 Å². The lowest BCUT2D eigenvalue weighted by Gasteiger charge is -2.24. The molecule has 0 aliphatic carbocycles. The van der Waals surface area contributed by atoms with Crippen molar-refractivity contribution in [3.05, 3.63) is 64.1 Å². The molecule has 3 aromatic rings. The second-order valence-corrected chi connectivity index (χ2v) is 8.76. The number of nitrogens with one attached hydrogen (secondary N) is 1. The molecule has 0 radical (unpaired) electrons. The molecule has 0 saturated carbocycles. The van der Waals surface area contributed by atoms with Crippen molar-refractivity contribution in [2.75, 3.05) is 25.0 Å². The van der Waals surface area contributed by atoms with E-state index >= 15 is 0 Å². The van der Waals surface area contributed by atoms with E-state index in [1.807, 2.05) is 48.9 Å². The van der Waals surface area contributed by atoms with Crippen LogP contribution in [0.25, 0.3) is 5.69 Å². The first-order valence-corrected chi connectivity index (χ1v) is 11.3. The summed E-state index contributed by atoms with van der Waals surface area (Å²) in [7, 11) is 0. The zero-order valence-electron chi connectivity index (χ0n) is 17.5. The summed E-state index contributed by atoms with van der Waals surface area (Å²) < 4.78 is 7.69. The largest absolute Gasteiger partial charge is 0.377 e. The van der Waals surface area contributed by atoms with Crippen molar-refractivity contribution in [2.24, 2.45) is 0 Å². The third-order valence-corrected chi connectivity index (χ3v) is 6.23. The van der Waals surface area contributed by atoms with Crippen LogP contribution in [-0.2, 0) is 16.1 Å². The van der Waals surface area contributed by atoms with E-state index in [1.165, 1.54) is 4.88 Å². The molecule has 3 heterocycles. The van der Waals surface area contributed by atoms with Crippen molar-refractivity contribution >= 4 is 22.9 Å². The van der Waals surface area contributed by atoms with Crippen LogP contribution in [0.3, 0.4) is 0 Å². The van der Waals surface area contributed by atoms with Gasteiger partial charge in [0.15, 0.2) is 0 Å². The summed E-state index contributed by atoms with van der Waals surface area (Å²) in [6, 6.07) is 14.1. The Labute approximate surface area is 181 Å². The van der Waals surface area contributed by atoms with Crippen LogP contribution in [0.4, 0.5) is 5.69 Å². The molecule has 1 fully saturated rings. The average Bonchev–Trinajstić information content (AvgIpc) is 3.49. The van der Waals surface area contributed by atoms with Gasteiger partial charge < -0.3 is 10.1 Å². The number of aromatic nitrogens is 2. The molecule has 1 N–H and O–H groups in total. The SMILES string of the molecule is Cc1nn(-c2ccccc2)c(C)c1NC(=O)CN(Cc1cccs1)CC1CCCO1. The Morgan fingerprint density at radius 2 is 2.10 bits per heavy atom. The Balaban J connectivity index is 1.45. The van der Waals surface area contributed by atoms with E-state index in [2.05, 4.69) is 32.8 Å². The number of carbonyl (C=O) groups excluding carboxylic acids is 1. The van der Waals surface area contributed by atoms with Crippen LogP contribution >= 0.6 is 11.3 Å². The molecule has 2 aromatic heterocycles. The van der Waals surface area contributed by atoms with Gasteiger partial charge >= 0.3 is 0 Å². The summed E-state index contributed by atoms with van der Waals surface area (Å²) >= 11 is 1.72. The zero-order chi connectivity index (χ0) is 20.9. The third-order valence-electron chi connectivity index (χ3n) is 5.37. The molecule has 0 spiro atoms. The third kappa shape index (κ3) is 4.98. The first kappa shape index (κ1) is 20.8. The molecule has 4 rings (SSSR count). The predicted octanol–water partition coefficient (Wildman–Crippen LogP) is 4.17. The lowest BCUT2D eigenvalue weighted by molar-refractivity contribution is -0.117. The molecule has 30 heavy (non-hydrogen) atoms. The van der Waals surface area contributed by atoms with Gasteiger partial charge in [-0.1, -0.05) is 24.3 Å². The highest BCUT2D eigenvalue weighted by atomic mass is 32.1. The van der Waals surface area contributed by atoms with E-state index in [0.717, 1.165) is 55.3 Å². The highest BCUT2D eigenvalue weighted by molar-refractivity contribution is 7.09. The summed E-state index contributed by atoms with van der Waals surface area (Å²) in [5.74, 6) is -0.0247. The Bertz CT molecular complexity index is 963. The van der Waals surface area contributed by atoms with Crippen LogP contribution in [0.5, 0.6) is 0 Å². The van der Waals surface area contributed by atoms with Crippen molar-refractivity contribution in [3.63, 3.8) is 0 Å². The summed E-state index contributed by atoms with van der Waals surface area (Å²) in [4.78, 5) is 16.4. The number of anilines is 1. The van der Waals surface area contributed by atoms with E-state index in [4.69, 9.17) is 4.74 Å². The number of rotatable bonds is 8. The van der Waals surface area contributed by atoms with Crippen LogP contribution in [-0.4, -0.2) is 46.4 Å². The minimum absolute atomic E-state index is 0.0247. The van der Waals surface area contributed by atoms with E-state index in [-0.39, 0.29) is 12.0 Å². The number of nitrogens with zero attached hydrogens (tertiary/aromatic N) is 3. The number of carbonyl (C=O) groups is 1. The first-order chi connectivity index (χ1) is 14.6. The number of ether oxygens (including phenoxy) is 1. The Hall–Kier alpha value is -2.48. The molecule has 1 amide bonds. The van der Waals surface area contributed by atoms with E-state index in [1.54, 1.807) is 11.3 Å². The van der Waals surface area contributed by atoms with Crippen molar-refractivity contribution in [3.8, 4) is 5.69 Å². The maximum absolute atomic E-state index is 12.9. The quantitative estimate of drug-likeness (QED) is 0.590. The van der Waals surface area contributed by atoms with Gasteiger partial charge in [-0.3, -0.25) is 9.69 Å². The molecule has 1 atom stereocenters. The highest BCUT2D eigenvalue weighted by Gasteiger charge is 2.22. The lowest BCUT2D eigenvalue weighted by Crippen LogP contribution is -2.37. The standard InChI is InChI=1S/C23H28N4O2S/c1-17-23(18(2)27(25-17)19-8-4-3-5-9-19)24-22(28)16-26(14-20-10-6-12-29-20)15-21-11-7-13-30-21/h3-5,7-9,11,13,20H,6,10,12,14-16H2,1-2H3,(H,24,28). The van der Waals surface area contributed by atoms with Crippen LogP contribution in [0.2, 0.25) is 0 Å². The fourth-order valence-electron chi connectivity index (χ4n) is 3.91. The normalized spacial score (nSPS) is 16.3. The number of hydrogen-bond donors (Lipinski definition) is 1. The summed E-state index contributed by atoms with van der Waals surface area (Å²) in [5, 5.41) is 9.80. The molecule has 6 nitrogen and oxygen atoms in total. The predicted molar refractivity (Wildman–Crippen MR) is 120 cm³/mol. The second kappa shape index (κ2) is 9.55. The summed E-state index contributed by atoms with van der Waals surface area (Å²) in [5.41, 5.74) is 3.51. The smallest absolute Gasteiger partial charge is 0.238 e. The van der Waals surface area contributed by atoms with Crippen LogP contribution in [0.15, 0.2) is 47.8 Å². The monoisotopic (exact) mass is 424 g/mol. The van der Waals surface area contributed by atoms with E-state index in [9.17, 15) is 4.79 Å². The number of thiophene rings is 1. The molecule has 1 aliphatic heterocycles. The number of amides is 1. The number of hydrogen-bond acceptors (Lipinski definition) is 5. The molecule has 1 aliphatic rings. The maximum atomic E-state index is 12.9. The van der Waals surface area contributed by atoms with Crippen molar-refractivity contribution in [1.82, 2.24) is 14.7 Å². The van der Waals surface area contributed by atoms with Gasteiger partial charge in [-0.25, -0.2) is 4.68 Å². The molecule has 7 heteroatoms. The molecule has 0 bridgehead atoms. The minimum atomic E-state index is -0.0247. The van der Waals surface area contributed by atoms with Crippen molar-refractivity contribution in [2.45, 2.75) is 39.3 Å². The van der Waals surface area contributed by atoms with Gasteiger partial charge in [-0.05, 0) is 50.3 Å². The lowest BCUT2D eigenvalue weighted by atomic mass is 10.2. The van der Waals surface area contributed by atoms with Gasteiger partial charge in [-0.15, -0.1) is 11.3 Å². The molecule has 158 valence electrons. The van der Waals surface area contributed by atoms with Gasteiger partial charge in [0.05, 0.1) is 35.4 Å². The Morgan fingerprint density at radius 3 is 2.80 bits per heavy atom. The highest BCUT2D eigenvalue weighted by Crippen LogP contribution is 2.23. The van der Waals surface area contributed by atoms with Gasteiger partial charge in [-0.2, -0.15) is 5.10 Å². The fourth-order valence-corrected chi connectivity index (χ4v) is 4.66. The van der Waals surface area contributed by atoms with Gasteiger partial charge in [0.25, 0.3) is 0 Å². The number of benzene rings is 1. The van der Waals surface area contributed by atoms with Crippen molar-refractivity contribution in [1.29, 1.82) is 0 Å². The molecular formula is C23H28N4O2S. The van der Waals surface area contributed by atoms with Crippen LogP contribution in [0.1, 0.15) is 29.1 Å². The number of para-hydroxylation sites is 1. The molecule has 1 unspecified atom stereocenters. The fraction of sp³-hybridized carbons (Fsp3) is 0.391. The Kier molecular flexibility index (Phi) is 6.62. The van der Waals surface area contributed by atoms with E-state index in [0.29, 0.717) is 6.54 Å². The van der Waals surface area contributed by atoms with Crippen LogP contribution < -0.4 is 5.32 Å². The zero-order valence-corrected chi connectivity index (χ0v) is 18.3. The second-order valence-electron chi connectivity index (χ2n) is 7.73. The number of aryl methyl sites for hydroxylation is 1. The summed E-state index contributed by atoms with van der Waals surface area (Å²) in [6.45, 7) is 6.59. The minimum Gasteiger partial charge on any atom is -0.377 e. The average molecular weight is 425 g/mol.